The number of esters is 1. The van der Waals surface area contributed by atoms with E-state index in [1.54, 1.807) is 19.1 Å². The van der Waals surface area contributed by atoms with Crippen molar-refractivity contribution in [2.75, 3.05) is 17.2 Å². The van der Waals surface area contributed by atoms with Crippen LogP contribution in [0.4, 0.5) is 11.4 Å². The normalized spacial score (nSPS) is 10.3. The molecule has 0 aromatic heterocycles. The van der Waals surface area contributed by atoms with Gasteiger partial charge in [0.1, 0.15) is 0 Å². The van der Waals surface area contributed by atoms with Crippen molar-refractivity contribution in [1.82, 2.24) is 0 Å². The first-order valence-corrected chi connectivity index (χ1v) is 10.4. The molecule has 2 aromatic carbocycles. The van der Waals surface area contributed by atoms with E-state index in [0.29, 0.717) is 30.8 Å². The second-order valence-electron chi connectivity index (χ2n) is 7.14. The molecule has 0 aliphatic rings. The van der Waals surface area contributed by atoms with E-state index in [2.05, 4.69) is 22.8 Å². The second-order valence-corrected chi connectivity index (χ2v) is 7.14. The van der Waals surface area contributed by atoms with Gasteiger partial charge in [-0.25, -0.2) is 0 Å². The lowest BCUT2D eigenvalue weighted by molar-refractivity contribution is -0.143. The van der Waals surface area contributed by atoms with Crippen molar-refractivity contribution in [3.8, 4) is 0 Å². The van der Waals surface area contributed by atoms with Crippen molar-refractivity contribution < 1.29 is 19.1 Å². The van der Waals surface area contributed by atoms with E-state index < -0.39 is 0 Å². The summed E-state index contributed by atoms with van der Waals surface area (Å²) >= 11 is 0. The summed E-state index contributed by atoms with van der Waals surface area (Å²) in [7, 11) is 0. The molecule has 0 bridgehead atoms. The minimum atomic E-state index is -0.282. The minimum absolute atomic E-state index is 0.0798. The van der Waals surface area contributed by atoms with Crippen LogP contribution < -0.4 is 10.6 Å². The molecule has 2 N–H and O–H groups in total. The number of nitrogens with one attached hydrogen (secondary N) is 2. The largest absolute Gasteiger partial charge is 0.466 e. The number of ether oxygens (including phenoxy) is 1. The first-order chi connectivity index (χ1) is 14.5. The van der Waals surface area contributed by atoms with Gasteiger partial charge in [0.2, 0.25) is 11.8 Å². The molecule has 0 saturated heterocycles. The number of hydrogen-bond acceptors (Lipinski definition) is 4. The van der Waals surface area contributed by atoms with E-state index in [-0.39, 0.29) is 30.6 Å². The van der Waals surface area contributed by atoms with Crippen LogP contribution in [-0.2, 0) is 25.5 Å². The standard InChI is InChI=1S/C24H30N2O4/c1-3-22(27)26-21-17-20(15-14-18(21)2)25-23(28)12-7-13-24(29)30-16-8-11-19-9-5-4-6-10-19/h4-6,9-10,14-15,17H,3,7-8,11-13,16H2,1-2H3,(H,25,28)(H,26,27). The second kappa shape index (κ2) is 12.4. The molecule has 0 heterocycles. The van der Waals surface area contributed by atoms with E-state index in [9.17, 15) is 14.4 Å². The van der Waals surface area contributed by atoms with Gasteiger partial charge in [0, 0.05) is 30.6 Å². The highest BCUT2D eigenvalue weighted by Gasteiger charge is 2.09. The SMILES string of the molecule is CCC(=O)Nc1cc(NC(=O)CCCC(=O)OCCCc2ccccc2)ccc1C. The monoisotopic (exact) mass is 410 g/mol. The third-order valence-corrected chi connectivity index (χ3v) is 4.62. The summed E-state index contributed by atoms with van der Waals surface area (Å²) in [5.41, 5.74) is 3.43. The average molecular weight is 411 g/mol. The van der Waals surface area contributed by atoms with Crippen LogP contribution in [0.2, 0.25) is 0 Å². The van der Waals surface area contributed by atoms with Gasteiger partial charge < -0.3 is 15.4 Å². The van der Waals surface area contributed by atoms with E-state index in [4.69, 9.17) is 4.74 Å². The highest BCUT2D eigenvalue weighted by atomic mass is 16.5. The lowest BCUT2D eigenvalue weighted by Gasteiger charge is -2.11. The number of carbonyl (C=O) groups excluding carboxylic acids is 3. The minimum Gasteiger partial charge on any atom is -0.466 e. The molecule has 6 nitrogen and oxygen atoms in total. The molecule has 0 saturated carbocycles. The Morgan fingerprint density at radius 2 is 1.67 bits per heavy atom. The zero-order chi connectivity index (χ0) is 21.8. The topological polar surface area (TPSA) is 84.5 Å². The van der Waals surface area contributed by atoms with Crippen LogP contribution in [-0.4, -0.2) is 24.4 Å². The summed E-state index contributed by atoms with van der Waals surface area (Å²) in [4.78, 5) is 35.5. The Morgan fingerprint density at radius 3 is 2.40 bits per heavy atom. The summed E-state index contributed by atoms with van der Waals surface area (Å²) < 4.78 is 5.23. The Balaban J connectivity index is 1.65. The molecule has 0 atom stereocenters. The molecule has 30 heavy (non-hydrogen) atoms. The number of aryl methyl sites for hydroxylation is 2. The maximum absolute atomic E-state index is 12.1. The number of carbonyl (C=O) groups is 3. The predicted molar refractivity (Wildman–Crippen MR) is 118 cm³/mol. The number of hydrogen-bond donors (Lipinski definition) is 2. The summed E-state index contributed by atoms with van der Waals surface area (Å²) in [6, 6.07) is 15.4. The fraction of sp³-hybridized carbons (Fsp3) is 0.375. The summed E-state index contributed by atoms with van der Waals surface area (Å²) in [5.74, 6) is -0.539. The van der Waals surface area contributed by atoms with Gasteiger partial charge in [-0.15, -0.1) is 0 Å². The summed E-state index contributed by atoms with van der Waals surface area (Å²) in [6.45, 7) is 4.06. The predicted octanol–water partition coefficient (Wildman–Crippen LogP) is 4.63. The van der Waals surface area contributed by atoms with Crippen molar-refractivity contribution in [2.24, 2.45) is 0 Å². The van der Waals surface area contributed by atoms with Crippen LogP contribution in [0.25, 0.3) is 0 Å². The summed E-state index contributed by atoms with van der Waals surface area (Å²) in [5, 5.41) is 5.62. The average Bonchev–Trinajstić information content (AvgIpc) is 2.74. The molecule has 0 fully saturated rings. The number of anilines is 2. The smallest absolute Gasteiger partial charge is 0.305 e. The Labute approximate surface area is 178 Å². The van der Waals surface area contributed by atoms with Crippen LogP contribution in [0.1, 0.15) is 50.2 Å². The van der Waals surface area contributed by atoms with Crippen LogP contribution in [0, 0.1) is 6.92 Å². The van der Waals surface area contributed by atoms with Crippen molar-refractivity contribution in [1.29, 1.82) is 0 Å². The van der Waals surface area contributed by atoms with E-state index in [1.165, 1.54) is 5.56 Å². The number of rotatable bonds is 11. The van der Waals surface area contributed by atoms with Crippen molar-refractivity contribution in [2.45, 2.75) is 52.4 Å². The van der Waals surface area contributed by atoms with Crippen LogP contribution in [0.3, 0.4) is 0 Å². The van der Waals surface area contributed by atoms with Crippen molar-refractivity contribution in [3.05, 3.63) is 59.7 Å². The summed E-state index contributed by atoms with van der Waals surface area (Å²) in [6.07, 6.45) is 2.90. The quantitative estimate of drug-likeness (QED) is 0.418. The Kier molecular flexibility index (Phi) is 9.58. The first kappa shape index (κ1) is 23.1. The molecule has 2 aromatic rings. The maximum Gasteiger partial charge on any atom is 0.305 e. The molecule has 2 rings (SSSR count). The fourth-order valence-corrected chi connectivity index (χ4v) is 2.87. The highest BCUT2D eigenvalue weighted by Crippen LogP contribution is 2.21. The van der Waals surface area contributed by atoms with E-state index in [1.807, 2.05) is 31.2 Å². The van der Waals surface area contributed by atoms with Crippen molar-refractivity contribution in [3.63, 3.8) is 0 Å². The molecular weight excluding hydrogens is 380 g/mol. The molecule has 2 amide bonds. The lowest BCUT2D eigenvalue weighted by Crippen LogP contribution is -2.14. The van der Waals surface area contributed by atoms with Crippen LogP contribution >= 0.6 is 0 Å². The number of amides is 2. The lowest BCUT2D eigenvalue weighted by atomic mass is 10.1. The third-order valence-electron chi connectivity index (χ3n) is 4.62. The molecule has 0 unspecified atom stereocenters. The Hall–Kier alpha value is -3.15. The van der Waals surface area contributed by atoms with Crippen LogP contribution in [0.15, 0.2) is 48.5 Å². The molecular formula is C24H30N2O4. The zero-order valence-corrected chi connectivity index (χ0v) is 17.7. The van der Waals surface area contributed by atoms with E-state index in [0.717, 1.165) is 18.4 Å². The molecule has 6 heteroatoms. The molecule has 0 aliphatic heterocycles. The van der Waals surface area contributed by atoms with Crippen molar-refractivity contribution >= 4 is 29.2 Å². The van der Waals surface area contributed by atoms with Gasteiger partial charge in [0.25, 0.3) is 0 Å². The number of benzene rings is 2. The molecule has 0 aliphatic carbocycles. The van der Waals surface area contributed by atoms with Gasteiger partial charge in [-0.3, -0.25) is 14.4 Å². The highest BCUT2D eigenvalue weighted by molar-refractivity contribution is 5.94. The third kappa shape index (κ3) is 8.47. The van der Waals surface area contributed by atoms with Gasteiger partial charge in [-0.2, -0.15) is 0 Å². The van der Waals surface area contributed by atoms with Gasteiger partial charge in [0.15, 0.2) is 0 Å². The van der Waals surface area contributed by atoms with Crippen LogP contribution in [0.5, 0.6) is 0 Å². The Bertz CT molecular complexity index is 850. The van der Waals surface area contributed by atoms with Gasteiger partial charge >= 0.3 is 5.97 Å². The van der Waals surface area contributed by atoms with E-state index >= 15 is 0 Å². The zero-order valence-electron chi connectivity index (χ0n) is 17.7. The molecule has 0 spiro atoms. The Morgan fingerprint density at radius 1 is 0.900 bits per heavy atom. The maximum atomic E-state index is 12.1. The first-order valence-electron chi connectivity index (χ1n) is 10.4. The molecule has 0 radical (unpaired) electrons. The van der Waals surface area contributed by atoms with Gasteiger partial charge in [0.05, 0.1) is 6.61 Å². The molecule has 160 valence electrons. The fourth-order valence-electron chi connectivity index (χ4n) is 2.87. The van der Waals surface area contributed by atoms with Gasteiger partial charge in [-0.1, -0.05) is 43.3 Å². The van der Waals surface area contributed by atoms with Gasteiger partial charge in [-0.05, 0) is 49.4 Å².